The van der Waals surface area contributed by atoms with Gasteiger partial charge in [-0.3, -0.25) is 0 Å². The Kier molecular flexibility index (Phi) is 5.56. The second-order valence-corrected chi connectivity index (χ2v) is 13.6. The molecule has 0 radical (unpaired) electrons. The van der Waals surface area contributed by atoms with Crippen LogP contribution in [-0.2, 0) is 11.8 Å². The zero-order chi connectivity index (χ0) is 30.2. The lowest BCUT2D eigenvalue weighted by molar-refractivity contribution is 0.690. The minimum Gasteiger partial charge on any atom is -0.309 e. The highest BCUT2D eigenvalue weighted by Gasteiger charge is 2.49. The molecule has 2 aliphatic heterocycles. The van der Waals surface area contributed by atoms with Crippen LogP contribution in [0.2, 0.25) is 0 Å². The molecule has 7 aromatic carbocycles. The molecule has 1 atom stereocenters. The van der Waals surface area contributed by atoms with E-state index in [-0.39, 0.29) is 0 Å². The summed E-state index contributed by atoms with van der Waals surface area (Å²) in [7, 11) is 0. The van der Waals surface area contributed by atoms with Crippen LogP contribution >= 0.6 is 11.8 Å². The topological polar surface area (TPSA) is 4.93 Å². The molecule has 0 fully saturated rings. The molecule has 8 aromatic rings. The summed E-state index contributed by atoms with van der Waals surface area (Å²) in [6.45, 7) is 0. The SMILES string of the molecule is c1ccc(Cc2cccc(-c3ccc4c(c3)C3(c5ccccc5S4)c4ccccc4-n4c5ccccc5c5cccc3c54)c2)cc1. The fraction of sp³-hybridized carbons (Fsp3) is 0.0455. The third-order valence-corrected chi connectivity index (χ3v) is 11.2. The maximum atomic E-state index is 2.52. The molecule has 2 aliphatic rings. The van der Waals surface area contributed by atoms with Gasteiger partial charge in [-0.05, 0) is 81.3 Å². The Morgan fingerprint density at radius 1 is 0.457 bits per heavy atom. The van der Waals surface area contributed by atoms with E-state index in [1.165, 1.54) is 81.8 Å². The molecule has 1 aromatic heterocycles. The van der Waals surface area contributed by atoms with E-state index in [4.69, 9.17) is 0 Å². The first-order valence-corrected chi connectivity index (χ1v) is 16.8. The molecule has 3 heterocycles. The fourth-order valence-electron chi connectivity index (χ4n) is 8.20. The molecule has 1 unspecified atom stereocenters. The van der Waals surface area contributed by atoms with E-state index in [1.807, 2.05) is 11.8 Å². The number of hydrogen-bond donors (Lipinski definition) is 0. The monoisotopic (exact) mass is 603 g/mol. The van der Waals surface area contributed by atoms with Crippen molar-refractivity contribution >= 4 is 33.6 Å². The predicted octanol–water partition coefficient (Wildman–Crippen LogP) is 11.2. The van der Waals surface area contributed by atoms with Crippen molar-refractivity contribution in [2.24, 2.45) is 0 Å². The molecule has 0 aliphatic carbocycles. The van der Waals surface area contributed by atoms with Gasteiger partial charge < -0.3 is 4.57 Å². The van der Waals surface area contributed by atoms with Gasteiger partial charge in [0.15, 0.2) is 0 Å². The standard InChI is InChI=1S/C44H29NS/c1-2-12-29(13-3-1)26-30-14-10-15-31(27-30)32-24-25-42-38(28-32)44(36-19-6-9-23-41(36)46-42)35-18-5-8-22-40(35)45-39-21-7-4-16-33(39)34-17-11-20-37(44)43(34)45/h1-25,27-28H,26H2. The first-order chi connectivity index (χ1) is 22.8. The first-order valence-electron chi connectivity index (χ1n) is 16.0. The van der Waals surface area contributed by atoms with Crippen molar-refractivity contribution in [1.82, 2.24) is 4.57 Å². The van der Waals surface area contributed by atoms with Gasteiger partial charge in [-0.1, -0.05) is 145 Å². The minimum atomic E-state index is -0.463. The van der Waals surface area contributed by atoms with Crippen LogP contribution in [0.1, 0.15) is 33.4 Å². The second-order valence-electron chi connectivity index (χ2n) is 12.5. The minimum absolute atomic E-state index is 0.463. The largest absolute Gasteiger partial charge is 0.309 e. The zero-order valence-electron chi connectivity index (χ0n) is 25.2. The number of fused-ring (bicyclic) bond motifs is 11. The quantitative estimate of drug-likeness (QED) is 0.194. The zero-order valence-corrected chi connectivity index (χ0v) is 26.0. The molecular formula is C44H29NS. The van der Waals surface area contributed by atoms with E-state index in [1.54, 1.807) is 0 Å². The van der Waals surface area contributed by atoms with Crippen molar-refractivity contribution < 1.29 is 0 Å². The Bertz CT molecular complexity index is 2490. The number of aromatic nitrogens is 1. The van der Waals surface area contributed by atoms with Crippen molar-refractivity contribution in [3.05, 3.63) is 197 Å². The predicted molar refractivity (Wildman–Crippen MR) is 191 cm³/mol. The Balaban J connectivity index is 1.28. The maximum absolute atomic E-state index is 2.52. The van der Waals surface area contributed by atoms with Gasteiger partial charge in [0.1, 0.15) is 0 Å². The van der Waals surface area contributed by atoms with E-state index in [9.17, 15) is 0 Å². The normalized spacial score (nSPS) is 15.9. The molecule has 46 heavy (non-hydrogen) atoms. The number of hydrogen-bond acceptors (Lipinski definition) is 1. The highest BCUT2D eigenvalue weighted by atomic mass is 32.2. The molecule has 1 spiro atoms. The smallest absolute Gasteiger partial charge is 0.0764 e. The summed E-state index contributed by atoms with van der Waals surface area (Å²) in [4.78, 5) is 2.64. The Hall–Kier alpha value is -5.31. The van der Waals surface area contributed by atoms with Crippen molar-refractivity contribution in [3.8, 4) is 16.8 Å². The summed E-state index contributed by atoms with van der Waals surface area (Å²) >= 11 is 1.90. The van der Waals surface area contributed by atoms with Crippen LogP contribution in [0.4, 0.5) is 0 Å². The van der Waals surface area contributed by atoms with Crippen LogP contribution in [0.25, 0.3) is 38.6 Å². The molecule has 0 N–H and O–H groups in total. The Labute approximate surface area is 272 Å². The molecule has 10 rings (SSSR count). The van der Waals surface area contributed by atoms with Gasteiger partial charge in [-0.25, -0.2) is 0 Å². The summed E-state index contributed by atoms with van der Waals surface area (Å²) in [5.41, 5.74) is 13.9. The van der Waals surface area contributed by atoms with Crippen LogP contribution in [0, 0.1) is 0 Å². The third kappa shape index (κ3) is 3.53. The maximum Gasteiger partial charge on any atom is 0.0764 e. The molecule has 0 saturated carbocycles. The van der Waals surface area contributed by atoms with Crippen LogP contribution in [0.15, 0.2) is 174 Å². The molecule has 0 amide bonds. The molecule has 0 bridgehead atoms. The van der Waals surface area contributed by atoms with E-state index in [0.29, 0.717) is 0 Å². The molecular weight excluding hydrogens is 575 g/mol. The van der Waals surface area contributed by atoms with Gasteiger partial charge in [-0.15, -0.1) is 0 Å². The van der Waals surface area contributed by atoms with Gasteiger partial charge in [0, 0.05) is 20.6 Å². The summed E-state index contributed by atoms with van der Waals surface area (Å²) in [6, 6.07) is 61.1. The summed E-state index contributed by atoms with van der Waals surface area (Å²) in [6.07, 6.45) is 0.923. The van der Waals surface area contributed by atoms with Crippen LogP contribution in [0.3, 0.4) is 0 Å². The Morgan fingerprint density at radius 2 is 1.13 bits per heavy atom. The van der Waals surface area contributed by atoms with E-state index in [0.717, 1.165) is 6.42 Å². The fourth-order valence-corrected chi connectivity index (χ4v) is 9.37. The van der Waals surface area contributed by atoms with Crippen molar-refractivity contribution in [2.75, 3.05) is 0 Å². The number of para-hydroxylation sites is 3. The van der Waals surface area contributed by atoms with Crippen molar-refractivity contribution in [3.63, 3.8) is 0 Å². The summed E-state index contributed by atoms with van der Waals surface area (Å²) in [5.74, 6) is 0. The number of rotatable bonds is 3. The lowest BCUT2D eigenvalue weighted by Gasteiger charge is -2.45. The lowest BCUT2D eigenvalue weighted by Crippen LogP contribution is -2.37. The number of nitrogens with zero attached hydrogens (tertiary/aromatic N) is 1. The van der Waals surface area contributed by atoms with Gasteiger partial charge in [0.25, 0.3) is 0 Å². The lowest BCUT2D eigenvalue weighted by atomic mass is 9.62. The van der Waals surface area contributed by atoms with Crippen LogP contribution in [-0.4, -0.2) is 4.57 Å². The number of benzene rings is 7. The van der Waals surface area contributed by atoms with Gasteiger partial charge >= 0.3 is 0 Å². The molecule has 2 heteroatoms. The van der Waals surface area contributed by atoms with Crippen molar-refractivity contribution in [1.29, 1.82) is 0 Å². The molecule has 216 valence electrons. The van der Waals surface area contributed by atoms with E-state index < -0.39 is 5.41 Å². The third-order valence-electron chi connectivity index (χ3n) is 10.1. The van der Waals surface area contributed by atoms with Crippen LogP contribution in [0.5, 0.6) is 0 Å². The highest BCUT2D eigenvalue weighted by Crippen LogP contribution is 2.60. The first kappa shape index (κ1) is 26.0. The highest BCUT2D eigenvalue weighted by molar-refractivity contribution is 7.99. The van der Waals surface area contributed by atoms with Gasteiger partial charge in [0.05, 0.1) is 22.1 Å². The molecule has 0 saturated heterocycles. The summed E-state index contributed by atoms with van der Waals surface area (Å²) < 4.78 is 2.52. The average Bonchev–Trinajstić information content (AvgIpc) is 3.46. The van der Waals surface area contributed by atoms with Crippen molar-refractivity contribution in [2.45, 2.75) is 21.6 Å². The average molecular weight is 604 g/mol. The van der Waals surface area contributed by atoms with Crippen LogP contribution < -0.4 is 0 Å². The van der Waals surface area contributed by atoms with E-state index in [2.05, 4.69) is 168 Å². The Morgan fingerprint density at radius 3 is 2.07 bits per heavy atom. The van der Waals surface area contributed by atoms with Gasteiger partial charge in [-0.2, -0.15) is 0 Å². The van der Waals surface area contributed by atoms with Gasteiger partial charge in [0.2, 0.25) is 0 Å². The summed E-state index contributed by atoms with van der Waals surface area (Å²) in [5, 5.41) is 2.61. The molecule has 1 nitrogen and oxygen atoms in total. The second kappa shape index (κ2) is 9.84. The van der Waals surface area contributed by atoms with E-state index >= 15 is 0 Å².